The summed E-state index contributed by atoms with van der Waals surface area (Å²) in [4.78, 5) is 32.7. The van der Waals surface area contributed by atoms with Gasteiger partial charge in [-0.1, -0.05) is 36.8 Å². The van der Waals surface area contributed by atoms with Gasteiger partial charge in [0, 0.05) is 29.3 Å². The molecule has 0 bridgehead atoms. The third-order valence-electron chi connectivity index (χ3n) is 8.29. The molecule has 1 fully saturated rings. The zero-order valence-corrected chi connectivity index (χ0v) is 23.2. The Morgan fingerprint density at radius 1 is 0.872 bits per heavy atom. The molecule has 1 unspecified atom stereocenters. The van der Waals surface area contributed by atoms with Gasteiger partial charge < -0.3 is 18.9 Å². The first-order valence-electron chi connectivity index (χ1n) is 13.8. The van der Waals surface area contributed by atoms with E-state index in [1.165, 1.54) is 6.42 Å². The molecule has 3 aliphatic rings. The molecule has 1 saturated carbocycles. The maximum Gasteiger partial charge on any atom is 0.315 e. The molecule has 2 aliphatic carbocycles. The lowest BCUT2D eigenvalue weighted by atomic mass is 9.69. The largest absolute Gasteiger partial charge is 0.493 e. The molecule has 0 aromatic heterocycles. The number of hydrogen-bond acceptors (Lipinski definition) is 7. The first-order chi connectivity index (χ1) is 18.9. The van der Waals surface area contributed by atoms with Crippen LogP contribution in [-0.4, -0.2) is 44.9 Å². The topological polar surface area (TPSA) is 83.4 Å². The maximum absolute atomic E-state index is 13.9. The van der Waals surface area contributed by atoms with Crippen LogP contribution >= 0.6 is 0 Å². The third-order valence-corrected chi connectivity index (χ3v) is 8.29. The maximum atomic E-state index is 13.9. The van der Waals surface area contributed by atoms with E-state index in [-0.39, 0.29) is 23.8 Å². The summed E-state index contributed by atoms with van der Waals surface area (Å²) < 4.78 is 22.9. The van der Waals surface area contributed by atoms with Crippen molar-refractivity contribution in [2.45, 2.75) is 69.8 Å². The van der Waals surface area contributed by atoms with Crippen molar-refractivity contribution < 1.29 is 28.5 Å². The number of ether oxygens (including phenoxy) is 4. The summed E-state index contributed by atoms with van der Waals surface area (Å²) in [5.41, 5.74) is 3.86. The molecule has 2 aromatic rings. The fourth-order valence-corrected chi connectivity index (χ4v) is 6.39. The molecule has 39 heavy (non-hydrogen) atoms. The highest BCUT2D eigenvalue weighted by atomic mass is 16.5. The number of allylic oxidation sites excluding steroid dienone is 2. The Kier molecular flexibility index (Phi) is 8.05. The van der Waals surface area contributed by atoms with E-state index < -0.39 is 11.8 Å². The number of esters is 1. The Bertz CT molecular complexity index is 1270. The quantitative estimate of drug-likeness (QED) is 0.398. The second-order valence-electron chi connectivity index (χ2n) is 10.7. The summed E-state index contributed by atoms with van der Waals surface area (Å²) >= 11 is 0. The van der Waals surface area contributed by atoms with Gasteiger partial charge in [-0.15, -0.1) is 0 Å². The molecule has 0 saturated heterocycles. The van der Waals surface area contributed by atoms with Gasteiger partial charge in [-0.3, -0.25) is 14.6 Å². The van der Waals surface area contributed by atoms with Crippen LogP contribution in [0.25, 0.3) is 0 Å². The summed E-state index contributed by atoms with van der Waals surface area (Å²) in [6.45, 7) is 1.87. The molecular weight excluding hydrogens is 494 g/mol. The van der Waals surface area contributed by atoms with Crippen LogP contribution in [0.4, 0.5) is 0 Å². The van der Waals surface area contributed by atoms with Gasteiger partial charge in [-0.05, 0) is 68.2 Å². The summed E-state index contributed by atoms with van der Waals surface area (Å²) in [7, 11) is 4.67. The lowest BCUT2D eigenvalue weighted by molar-refractivity contribution is -0.153. The summed E-state index contributed by atoms with van der Waals surface area (Å²) in [5, 5.41) is 0. The predicted octanol–water partition coefficient (Wildman–Crippen LogP) is 6.16. The molecule has 0 amide bonds. The first-order valence-corrected chi connectivity index (χ1v) is 13.8. The highest BCUT2D eigenvalue weighted by Gasteiger charge is 2.45. The number of benzene rings is 2. The smallest absolute Gasteiger partial charge is 0.315 e. The van der Waals surface area contributed by atoms with Gasteiger partial charge in [0.25, 0.3) is 0 Å². The van der Waals surface area contributed by atoms with E-state index in [1.54, 1.807) is 21.3 Å². The monoisotopic (exact) mass is 531 g/mol. The van der Waals surface area contributed by atoms with E-state index in [0.29, 0.717) is 41.4 Å². The number of carbonyl (C=O) groups excluding carboxylic acids is 2. The van der Waals surface area contributed by atoms with E-state index in [9.17, 15) is 9.59 Å². The SMILES string of the molecule is COc1cc([C@@H]2C3=C(C[C@H](c4ccccc4)CC3=O)N=C(C)C2C(=O)OC2CCCCC2)cc(OC)c1OC. The second-order valence-corrected chi connectivity index (χ2v) is 10.7. The number of hydrogen-bond donors (Lipinski definition) is 0. The molecule has 5 rings (SSSR count). The Morgan fingerprint density at radius 2 is 1.54 bits per heavy atom. The van der Waals surface area contributed by atoms with E-state index in [1.807, 2.05) is 37.3 Å². The first kappa shape index (κ1) is 27.0. The fourth-order valence-electron chi connectivity index (χ4n) is 6.39. The van der Waals surface area contributed by atoms with Gasteiger partial charge in [-0.25, -0.2) is 0 Å². The van der Waals surface area contributed by atoms with Crippen LogP contribution in [0, 0.1) is 5.92 Å². The number of carbonyl (C=O) groups is 2. The van der Waals surface area contributed by atoms with Gasteiger partial charge in [0.2, 0.25) is 5.75 Å². The molecule has 2 aromatic carbocycles. The van der Waals surface area contributed by atoms with E-state index in [0.717, 1.165) is 42.5 Å². The standard InChI is InChI=1S/C32H37NO6/c1-19-28(32(35)39-23-13-9-6-10-14-23)29(22-17-26(36-2)31(38-4)27(18-22)37-3)30-24(33-19)15-21(16-25(30)34)20-11-7-5-8-12-20/h5,7-8,11-12,17-18,21,23,28-29H,6,9-10,13-16H2,1-4H3/t21-,28?,29-/m0/s1. The van der Waals surface area contributed by atoms with Gasteiger partial charge in [0.1, 0.15) is 12.0 Å². The number of Topliss-reactive ketones (excluding diaryl/α,β-unsaturated/α-hetero) is 1. The van der Waals surface area contributed by atoms with Gasteiger partial charge >= 0.3 is 5.97 Å². The summed E-state index contributed by atoms with van der Waals surface area (Å²) in [6.07, 6.45) is 5.92. The molecule has 1 heterocycles. The molecule has 1 aliphatic heterocycles. The van der Waals surface area contributed by atoms with E-state index >= 15 is 0 Å². The van der Waals surface area contributed by atoms with Crippen molar-refractivity contribution in [1.29, 1.82) is 0 Å². The fraction of sp³-hybridized carbons (Fsp3) is 0.469. The van der Waals surface area contributed by atoms with Crippen molar-refractivity contribution in [3.8, 4) is 17.2 Å². The summed E-state index contributed by atoms with van der Waals surface area (Å²) in [5.74, 6) is -0.155. The van der Waals surface area contributed by atoms with Crippen molar-refractivity contribution >= 4 is 17.5 Å². The molecule has 0 spiro atoms. The van der Waals surface area contributed by atoms with Crippen molar-refractivity contribution in [1.82, 2.24) is 0 Å². The molecule has 7 nitrogen and oxygen atoms in total. The van der Waals surface area contributed by atoms with Gasteiger partial charge in [0.15, 0.2) is 17.3 Å². The van der Waals surface area contributed by atoms with E-state index in [4.69, 9.17) is 23.9 Å². The molecule has 206 valence electrons. The van der Waals surface area contributed by atoms with Crippen LogP contribution in [0.15, 0.2) is 58.7 Å². The minimum atomic E-state index is -0.717. The zero-order chi connectivity index (χ0) is 27.5. The van der Waals surface area contributed by atoms with Gasteiger partial charge in [0.05, 0.1) is 21.3 Å². The summed E-state index contributed by atoms with van der Waals surface area (Å²) in [6, 6.07) is 13.8. The van der Waals surface area contributed by atoms with Crippen LogP contribution in [-0.2, 0) is 14.3 Å². The molecule has 0 radical (unpaired) electrons. The minimum absolute atomic E-state index is 0.00979. The van der Waals surface area contributed by atoms with Crippen LogP contribution in [0.5, 0.6) is 17.2 Å². The van der Waals surface area contributed by atoms with Crippen molar-refractivity contribution in [2.24, 2.45) is 10.9 Å². The number of nitrogens with zero attached hydrogens (tertiary/aromatic N) is 1. The van der Waals surface area contributed by atoms with Crippen LogP contribution in [0.3, 0.4) is 0 Å². The van der Waals surface area contributed by atoms with E-state index in [2.05, 4.69) is 12.1 Å². The van der Waals surface area contributed by atoms with Crippen molar-refractivity contribution in [2.75, 3.05) is 21.3 Å². The van der Waals surface area contributed by atoms with Crippen LogP contribution in [0.1, 0.15) is 74.8 Å². The molecule has 3 atom stereocenters. The number of methoxy groups -OCH3 is 3. The average molecular weight is 532 g/mol. The molecule has 7 heteroatoms. The Labute approximate surface area is 230 Å². The lowest BCUT2D eigenvalue weighted by Gasteiger charge is -2.37. The normalized spacial score (nSPS) is 23.5. The van der Waals surface area contributed by atoms with Crippen LogP contribution in [0.2, 0.25) is 0 Å². The Balaban J connectivity index is 1.60. The highest BCUT2D eigenvalue weighted by Crippen LogP contribution is 2.50. The minimum Gasteiger partial charge on any atom is -0.493 e. The Hall–Kier alpha value is -3.61. The Morgan fingerprint density at radius 3 is 2.15 bits per heavy atom. The molecular formula is C32H37NO6. The highest BCUT2D eigenvalue weighted by molar-refractivity contribution is 6.09. The second kappa shape index (κ2) is 11.6. The van der Waals surface area contributed by atoms with Gasteiger partial charge in [-0.2, -0.15) is 0 Å². The van der Waals surface area contributed by atoms with Crippen molar-refractivity contribution in [3.63, 3.8) is 0 Å². The zero-order valence-electron chi connectivity index (χ0n) is 23.2. The molecule has 0 N–H and O–H groups in total. The number of aliphatic imine (C=N–C) groups is 1. The third kappa shape index (κ3) is 5.32. The lowest BCUT2D eigenvalue weighted by Crippen LogP contribution is -2.39. The number of rotatable bonds is 7. The van der Waals surface area contributed by atoms with Crippen LogP contribution < -0.4 is 14.2 Å². The number of ketones is 1. The average Bonchev–Trinajstić information content (AvgIpc) is 2.96. The predicted molar refractivity (Wildman–Crippen MR) is 149 cm³/mol. The van der Waals surface area contributed by atoms with Crippen molar-refractivity contribution in [3.05, 3.63) is 64.9 Å².